The molecule has 0 fully saturated rings. The van der Waals surface area contributed by atoms with Gasteiger partial charge < -0.3 is 5.32 Å². The fourth-order valence-electron chi connectivity index (χ4n) is 2.88. The second kappa shape index (κ2) is 5.14. The van der Waals surface area contributed by atoms with Crippen molar-refractivity contribution in [3.8, 4) is 0 Å². The van der Waals surface area contributed by atoms with E-state index in [1.807, 2.05) is 54.7 Å². The molecule has 0 bridgehead atoms. The lowest BCUT2D eigenvalue weighted by molar-refractivity contribution is 0.0959. The van der Waals surface area contributed by atoms with Crippen molar-refractivity contribution < 1.29 is 4.79 Å². The van der Waals surface area contributed by atoms with Crippen molar-refractivity contribution in [1.29, 1.82) is 0 Å². The fourth-order valence-corrected chi connectivity index (χ4v) is 3.14. The fraction of sp³-hybridized carbons (Fsp3) is 0.0556. The summed E-state index contributed by atoms with van der Waals surface area (Å²) >= 11 is 3.46. The van der Waals surface area contributed by atoms with E-state index in [0.29, 0.717) is 5.56 Å². The molecule has 0 saturated heterocycles. The third-order valence-corrected chi connectivity index (χ3v) is 4.48. The molecule has 1 atom stereocenters. The van der Waals surface area contributed by atoms with Gasteiger partial charge in [-0.1, -0.05) is 40.2 Å². The average molecular weight is 353 g/mol. The first-order valence-corrected chi connectivity index (χ1v) is 7.86. The Morgan fingerprint density at radius 1 is 0.955 bits per heavy atom. The van der Waals surface area contributed by atoms with E-state index in [-0.39, 0.29) is 11.9 Å². The van der Waals surface area contributed by atoms with Crippen molar-refractivity contribution in [1.82, 2.24) is 4.57 Å². The number of aromatic nitrogens is 1. The van der Waals surface area contributed by atoms with Gasteiger partial charge in [0.2, 0.25) is 0 Å². The third-order valence-electron chi connectivity index (χ3n) is 3.96. The summed E-state index contributed by atoms with van der Waals surface area (Å²) < 4.78 is 2.77. The topological polar surface area (TPSA) is 34.0 Å². The van der Waals surface area contributed by atoms with Crippen LogP contribution in [0.25, 0.3) is 0 Å². The third kappa shape index (κ3) is 2.07. The van der Waals surface area contributed by atoms with Gasteiger partial charge in [-0.25, -0.2) is 0 Å². The Bertz CT molecular complexity index is 852. The molecular formula is C18H13BrN2O. The minimum Gasteiger partial charge on any atom is -0.372 e. The molecule has 1 aliphatic heterocycles. The number of nitrogens with one attached hydrogen (secondary N) is 1. The molecule has 0 amide bonds. The highest BCUT2D eigenvalue weighted by Gasteiger charge is 2.26. The summed E-state index contributed by atoms with van der Waals surface area (Å²) in [6, 6.07) is 19.7. The van der Waals surface area contributed by atoms with E-state index in [1.165, 1.54) is 0 Å². The monoisotopic (exact) mass is 352 g/mol. The van der Waals surface area contributed by atoms with Crippen LogP contribution >= 0.6 is 15.9 Å². The maximum absolute atomic E-state index is 12.7. The number of anilines is 1. The normalized spacial score (nSPS) is 16.4. The largest absolute Gasteiger partial charge is 0.372 e. The van der Waals surface area contributed by atoms with E-state index < -0.39 is 0 Å². The molecule has 0 saturated carbocycles. The molecule has 22 heavy (non-hydrogen) atoms. The van der Waals surface area contributed by atoms with Crippen molar-refractivity contribution in [2.75, 3.05) is 5.32 Å². The number of para-hydroxylation sites is 1. The molecule has 1 unspecified atom stereocenters. The highest BCUT2D eigenvalue weighted by molar-refractivity contribution is 9.10. The summed E-state index contributed by atoms with van der Waals surface area (Å²) in [6.07, 6.45) is 1.83. The van der Waals surface area contributed by atoms with E-state index in [2.05, 4.69) is 33.4 Å². The first kappa shape index (κ1) is 13.3. The van der Waals surface area contributed by atoms with Crippen LogP contribution in [0.15, 0.2) is 71.3 Å². The Labute approximate surface area is 136 Å². The number of hydrogen-bond donors (Lipinski definition) is 1. The molecule has 108 valence electrons. The minimum atomic E-state index is -0.0595. The Hall–Kier alpha value is -2.33. The Balaban J connectivity index is 1.91. The van der Waals surface area contributed by atoms with Gasteiger partial charge in [0.25, 0.3) is 5.91 Å². The zero-order valence-corrected chi connectivity index (χ0v) is 13.2. The number of carbonyl (C=O) groups is 1. The summed E-state index contributed by atoms with van der Waals surface area (Å²) in [4.78, 5) is 12.7. The summed E-state index contributed by atoms with van der Waals surface area (Å²) in [6.45, 7) is 0. The van der Waals surface area contributed by atoms with Gasteiger partial charge in [0.15, 0.2) is 0 Å². The summed E-state index contributed by atoms with van der Waals surface area (Å²) in [5.74, 6) is 0.00251. The second-order valence-electron chi connectivity index (χ2n) is 5.28. The summed E-state index contributed by atoms with van der Waals surface area (Å²) in [5, 5.41) is 3.51. The van der Waals surface area contributed by atoms with E-state index in [1.54, 1.807) is 4.57 Å². The minimum absolute atomic E-state index is 0.00251. The van der Waals surface area contributed by atoms with E-state index in [9.17, 15) is 4.79 Å². The van der Waals surface area contributed by atoms with Crippen molar-refractivity contribution in [3.63, 3.8) is 0 Å². The number of fused-ring (bicyclic) bond motifs is 2. The second-order valence-corrected chi connectivity index (χ2v) is 6.20. The smallest absolute Gasteiger partial charge is 0.264 e. The highest BCUT2D eigenvalue weighted by atomic mass is 79.9. The predicted molar refractivity (Wildman–Crippen MR) is 90.2 cm³/mol. The van der Waals surface area contributed by atoms with Crippen molar-refractivity contribution in [3.05, 3.63) is 88.2 Å². The number of rotatable bonds is 1. The molecule has 0 spiro atoms. The van der Waals surface area contributed by atoms with Crippen LogP contribution in [0.5, 0.6) is 0 Å². The number of halogens is 1. The maximum atomic E-state index is 12.7. The van der Waals surface area contributed by atoms with Crippen LogP contribution in [0.4, 0.5) is 5.69 Å². The Morgan fingerprint density at radius 3 is 2.55 bits per heavy atom. The molecule has 4 heteroatoms. The van der Waals surface area contributed by atoms with Crippen molar-refractivity contribution in [2.45, 2.75) is 6.04 Å². The Morgan fingerprint density at radius 2 is 1.73 bits per heavy atom. The van der Waals surface area contributed by atoms with E-state index in [0.717, 1.165) is 21.4 Å². The number of carbonyl (C=O) groups excluding carboxylic acids is 1. The van der Waals surface area contributed by atoms with Crippen LogP contribution in [0, 0.1) is 0 Å². The predicted octanol–water partition coefficient (Wildman–Crippen LogP) is 4.45. The molecule has 1 N–H and O–H groups in total. The molecule has 0 radical (unpaired) electrons. The molecule has 2 aromatic carbocycles. The SMILES string of the molecule is O=C1c2ccccc2NC(c2ccc(Br)cc2)c2cccn21. The summed E-state index contributed by atoms with van der Waals surface area (Å²) in [5.41, 5.74) is 3.62. The lowest BCUT2D eigenvalue weighted by Crippen LogP contribution is -2.15. The zero-order valence-electron chi connectivity index (χ0n) is 11.7. The Kier molecular flexibility index (Phi) is 3.12. The lowest BCUT2D eigenvalue weighted by atomic mass is 10.0. The maximum Gasteiger partial charge on any atom is 0.264 e. The van der Waals surface area contributed by atoms with Crippen molar-refractivity contribution in [2.24, 2.45) is 0 Å². The standard InChI is InChI=1S/C18H13BrN2O/c19-13-9-7-12(8-10-13)17-16-6-3-11-21(16)18(22)14-4-1-2-5-15(14)20-17/h1-11,17,20H. The molecule has 4 rings (SSSR count). The molecule has 3 nitrogen and oxygen atoms in total. The van der Waals surface area contributed by atoms with E-state index in [4.69, 9.17) is 0 Å². The quantitative estimate of drug-likeness (QED) is 0.701. The average Bonchev–Trinajstić information content (AvgIpc) is 2.99. The number of benzene rings is 2. The van der Waals surface area contributed by atoms with Crippen molar-refractivity contribution >= 4 is 27.5 Å². The first-order valence-electron chi connectivity index (χ1n) is 7.07. The van der Waals surface area contributed by atoms with E-state index >= 15 is 0 Å². The van der Waals surface area contributed by atoms with Gasteiger partial charge in [0.05, 0.1) is 17.3 Å². The summed E-state index contributed by atoms with van der Waals surface area (Å²) in [7, 11) is 0. The van der Waals surface area contributed by atoms with Crippen LogP contribution in [-0.4, -0.2) is 10.5 Å². The first-order chi connectivity index (χ1) is 10.7. The van der Waals surface area contributed by atoms with Gasteiger partial charge in [-0.05, 0) is 42.0 Å². The van der Waals surface area contributed by atoms with Crippen LogP contribution < -0.4 is 5.32 Å². The molecule has 2 heterocycles. The van der Waals surface area contributed by atoms with Gasteiger partial charge in [-0.15, -0.1) is 0 Å². The number of hydrogen-bond acceptors (Lipinski definition) is 2. The van der Waals surface area contributed by atoms with Crippen LogP contribution in [0.2, 0.25) is 0 Å². The van der Waals surface area contributed by atoms with Gasteiger partial charge in [-0.2, -0.15) is 0 Å². The van der Waals surface area contributed by atoms with Crippen LogP contribution in [-0.2, 0) is 0 Å². The molecule has 1 aliphatic rings. The number of nitrogens with zero attached hydrogens (tertiary/aromatic N) is 1. The van der Waals surface area contributed by atoms with Gasteiger partial charge in [0, 0.05) is 16.4 Å². The molecule has 1 aromatic heterocycles. The van der Waals surface area contributed by atoms with Gasteiger partial charge in [-0.3, -0.25) is 9.36 Å². The van der Waals surface area contributed by atoms with Crippen LogP contribution in [0.3, 0.4) is 0 Å². The highest BCUT2D eigenvalue weighted by Crippen LogP contribution is 2.33. The molecule has 0 aliphatic carbocycles. The molecule has 3 aromatic rings. The lowest BCUT2D eigenvalue weighted by Gasteiger charge is -2.19. The molecular weight excluding hydrogens is 340 g/mol. The van der Waals surface area contributed by atoms with Crippen LogP contribution in [0.1, 0.15) is 27.7 Å². The van der Waals surface area contributed by atoms with Gasteiger partial charge in [0.1, 0.15) is 0 Å². The van der Waals surface area contributed by atoms with Gasteiger partial charge >= 0.3 is 0 Å². The zero-order chi connectivity index (χ0) is 15.1.